The summed E-state index contributed by atoms with van der Waals surface area (Å²) in [6, 6.07) is 9.58. The third kappa shape index (κ3) is 5.24. The Bertz CT molecular complexity index is 426. The quantitative estimate of drug-likeness (QED) is 0.559. The summed E-state index contributed by atoms with van der Waals surface area (Å²) < 4.78 is 5.09. The maximum Gasteiger partial charge on any atom is 0.338 e. The zero-order chi connectivity index (χ0) is 13.2. The van der Waals surface area contributed by atoms with Gasteiger partial charge in [-0.3, -0.25) is 0 Å². The number of carbonyl (C=O) groups excluding carboxylic acids is 1. The molecule has 96 valence electrons. The third-order valence-corrected chi connectivity index (χ3v) is 3.26. The van der Waals surface area contributed by atoms with Crippen LogP contribution in [0.2, 0.25) is 0 Å². The van der Waals surface area contributed by atoms with Crippen molar-refractivity contribution in [3.05, 3.63) is 35.4 Å². The fourth-order valence-electron chi connectivity index (χ4n) is 1.37. The molecule has 0 fully saturated rings. The van der Waals surface area contributed by atoms with Crippen molar-refractivity contribution in [1.82, 2.24) is 0 Å². The van der Waals surface area contributed by atoms with Gasteiger partial charge in [0.05, 0.1) is 18.2 Å². The molecule has 0 radical (unpaired) electrons. The maximum atomic E-state index is 11.7. The van der Waals surface area contributed by atoms with Gasteiger partial charge in [-0.1, -0.05) is 19.1 Å². The fourth-order valence-corrected chi connectivity index (χ4v) is 2.17. The predicted octanol–water partition coefficient (Wildman–Crippen LogP) is 3.40. The Morgan fingerprint density at radius 1 is 1.50 bits per heavy atom. The SMILES string of the molecule is CCCOC(=O)c1cccc(CSCCC#N)c1. The van der Waals surface area contributed by atoms with Crippen LogP contribution in [0.5, 0.6) is 0 Å². The Labute approximate surface area is 112 Å². The van der Waals surface area contributed by atoms with Crippen LogP contribution in [0.4, 0.5) is 0 Å². The Morgan fingerprint density at radius 2 is 2.33 bits per heavy atom. The van der Waals surface area contributed by atoms with Crippen molar-refractivity contribution in [2.75, 3.05) is 12.4 Å². The van der Waals surface area contributed by atoms with Crippen molar-refractivity contribution in [2.45, 2.75) is 25.5 Å². The summed E-state index contributed by atoms with van der Waals surface area (Å²) in [7, 11) is 0. The van der Waals surface area contributed by atoms with Gasteiger partial charge in [-0.2, -0.15) is 17.0 Å². The first-order chi connectivity index (χ1) is 8.77. The van der Waals surface area contributed by atoms with Crippen LogP contribution in [-0.2, 0) is 10.5 Å². The summed E-state index contributed by atoms with van der Waals surface area (Å²) in [6.07, 6.45) is 1.39. The van der Waals surface area contributed by atoms with Gasteiger partial charge >= 0.3 is 5.97 Å². The second kappa shape index (κ2) is 8.60. The Kier molecular flexibility index (Phi) is 6.97. The van der Waals surface area contributed by atoms with Crippen molar-refractivity contribution in [2.24, 2.45) is 0 Å². The number of esters is 1. The largest absolute Gasteiger partial charge is 0.462 e. The number of ether oxygens (including phenoxy) is 1. The third-order valence-electron chi connectivity index (χ3n) is 2.23. The number of nitrogens with zero attached hydrogens (tertiary/aromatic N) is 1. The molecule has 0 amide bonds. The van der Waals surface area contributed by atoms with Crippen LogP contribution < -0.4 is 0 Å². The summed E-state index contributed by atoms with van der Waals surface area (Å²) >= 11 is 1.69. The normalized spacial score (nSPS) is 9.78. The lowest BCUT2D eigenvalue weighted by Crippen LogP contribution is -2.06. The van der Waals surface area contributed by atoms with E-state index in [1.54, 1.807) is 17.8 Å². The van der Waals surface area contributed by atoms with Crippen LogP contribution in [0, 0.1) is 11.3 Å². The molecule has 0 heterocycles. The first-order valence-corrected chi connectivity index (χ1v) is 7.14. The van der Waals surface area contributed by atoms with Crippen LogP contribution in [0.1, 0.15) is 35.7 Å². The highest BCUT2D eigenvalue weighted by Crippen LogP contribution is 2.15. The van der Waals surface area contributed by atoms with Crippen molar-refractivity contribution in [3.8, 4) is 6.07 Å². The van der Waals surface area contributed by atoms with Crippen LogP contribution in [0.25, 0.3) is 0 Å². The van der Waals surface area contributed by atoms with Gasteiger partial charge in [0.1, 0.15) is 0 Å². The minimum atomic E-state index is -0.263. The zero-order valence-corrected chi connectivity index (χ0v) is 11.3. The van der Waals surface area contributed by atoms with Gasteiger partial charge in [-0.05, 0) is 24.1 Å². The second-order valence-corrected chi connectivity index (χ2v) is 4.90. The molecule has 0 aliphatic rings. The smallest absolute Gasteiger partial charge is 0.338 e. The summed E-state index contributed by atoms with van der Waals surface area (Å²) in [4.78, 5) is 11.7. The number of rotatable bonds is 7. The molecule has 0 unspecified atom stereocenters. The molecule has 0 bridgehead atoms. The van der Waals surface area contributed by atoms with Crippen LogP contribution in [0.15, 0.2) is 24.3 Å². The molecule has 0 N–H and O–H groups in total. The van der Waals surface area contributed by atoms with Gasteiger partial charge in [-0.15, -0.1) is 0 Å². The molecular formula is C14H17NO2S. The van der Waals surface area contributed by atoms with Gasteiger partial charge in [0.2, 0.25) is 0 Å². The molecule has 1 aromatic rings. The van der Waals surface area contributed by atoms with E-state index in [4.69, 9.17) is 10.00 Å². The standard InChI is InChI=1S/C14H17NO2S/c1-2-8-17-14(16)13-6-3-5-12(10-13)11-18-9-4-7-15/h3,5-6,10H,2,4,8-9,11H2,1H3. The van der Waals surface area contributed by atoms with Gasteiger partial charge < -0.3 is 4.74 Å². The van der Waals surface area contributed by atoms with Crippen molar-refractivity contribution < 1.29 is 9.53 Å². The van der Waals surface area contributed by atoms with Gasteiger partial charge in [0.25, 0.3) is 0 Å². The average Bonchev–Trinajstić information content (AvgIpc) is 2.41. The number of nitriles is 1. The highest BCUT2D eigenvalue weighted by Gasteiger charge is 2.06. The highest BCUT2D eigenvalue weighted by molar-refractivity contribution is 7.98. The van der Waals surface area contributed by atoms with Crippen LogP contribution in [-0.4, -0.2) is 18.3 Å². The minimum Gasteiger partial charge on any atom is -0.462 e. The first kappa shape index (κ1) is 14.6. The lowest BCUT2D eigenvalue weighted by Gasteiger charge is -2.05. The molecule has 0 saturated heterocycles. The molecule has 0 aromatic heterocycles. The second-order valence-electron chi connectivity index (χ2n) is 3.80. The summed E-state index contributed by atoms with van der Waals surface area (Å²) in [5.41, 5.74) is 1.69. The predicted molar refractivity (Wildman–Crippen MR) is 73.4 cm³/mol. The number of benzene rings is 1. The average molecular weight is 263 g/mol. The molecule has 4 heteroatoms. The molecule has 0 atom stereocenters. The van der Waals surface area contributed by atoms with Gasteiger partial charge in [-0.25, -0.2) is 4.79 Å². The van der Waals surface area contributed by atoms with E-state index >= 15 is 0 Å². The molecule has 0 saturated carbocycles. The van der Waals surface area contributed by atoms with E-state index in [9.17, 15) is 4.79 Å². The van der Waals surface area contributed by atoms with Crippen molar-refractivity contribution in [3.63, 3.8) is 0 Å². The zero-order valence-electron chi connectivity index (χ0n) is 10.5. The van der Waals surface area contributed by atoms with E-state index in [-0.39, 0.29) is 5.97 Å². The van der Waals surface area contributed by atoms with Crippen molar-refractivity contribution in [1.29, 1.82) is 5.26 Å². The molecule has 3 nitrogen and oxygen atoms in total. The molecular weight excluding hydrogens is 246 g/mol. The lowest BCUT2D eigenvalue weighted by molar-refractivity contribution is 0.0505. The van der Waals surface area contributed by atoms with Gasteiger partial charge in [0, 0.05) is 17.9 Å². The maximum absolute atomic E-state index is 11.7. The van der Waals surface area contributed by atoms with Gasteiger partial charge in [0.15, 0.2) is 0 Å². The lowest BCUT2D eigenvalue weighted by atomic mass is 10.1. The molecule has 1 rings (SSSR count). The fraction of sp³-hybridized carbons (Fsp3) is 0.429. The Hall–Kier alpha value is -1.47. The molecule has 0 aliphatic heterocycles. The van der Waals surface area contributed by atoms with E-state index in [0.29, 0.717) is 18.6 Å². The number of carbonyl (C=O) groups is 1. The van der Waals surface area contributed by atoms with Crippen LogP contribution in [0.3, 0.4) is 0 Å². The Balaban J connectivity index is 2.51. The van der Waals surface area contributed by atoms with E-state index in [0.717, 1.165) is 23.5 Å². The molecule has 0 spiro atoms. The number of hydrogen-bond acceptors (Lipinski definition) is 4. The Morgan fingerprint density at radius 3 is 3.06 bits per heavy atom. The summed E-state index contributed by atoms with van der Waals surface area (Å²) in [5.74, 6) is 1.37. The van der Waals surface area contributed by atoms with Crippen molar-refractivity contribution >= 4 is 17.7 Å². The number of thioether (sulfide) groups is 1. The molecule has 1 aromatic carbocycles. The minimum absolute atomic E-state index is 0.263. The van der Waals surface area contributed by atoms with E-state index in [1.165, 1.54) is 0 Å². The molecule has 0 aliphatic carbocycles. The highest BCUT2D eigenvalue weighted by atomic mass is 32.2. The number of hydrogen-bond donors (Lipinski definition) is 0. The summed E-state index contributed by atoms with van der Waals surface area (Å²) in [6.45, 7) is 2.43. The van der Waals surface area contributed by atoms with E-state index in [1.807, 2.05) is 25.1 Å². The monoisotopic (exact) mass is 263 g/mol. The summed E-state index contributed by atoms with van der Waals surface area (Å²) in [5, 5.41) is 8.44. The topological polar surface area (TPSA) is 50.1 Å². The van der Waals surface area contributed by atoms with Crippen LogP contribution >= 0.6 is 11.8 Å². The van der Waals surface area contributed by atoms with E-state index in [2.05, 4.69) is 6.07 Å². The first-order valence-electron chi connectivity index (χ1n) is 5.98. The molecule has 18 heavy (non-hydrogen) atoms. The van der Waals surface area contributed by atoms with E-state index < -0.39 is 0 Å².